The van der Waals surface area contributed by atoms with Crippen LogP contribution in [0.3, 0.4) is 0 Å². The van der Waals surface area contributed by atoms with Crippen LogP contribution in [0.2, 0.25) is 0 Å². The highest BCUT2D eigenvalue weighted by molar-refractivity contribution is 5.96. The topological polar surface area (TPSA) is 61.4 Å². The Kier molecular flexibility index (Phi) is 7.92. The predicted molar refractivity (Wildman–Crippen MR) is 101 cm³/mol. The lowest BCUT2D eigenvalue weighted by molar-refractivity contribution is -0.138. The molecule has 0 spiro atoms. The van der Waals surface area contributed by atoms with Crippen LogP contribution >= 0.6 is 0 Å². The molecule has 0 saturated carbocycles. The largest absolute Gasteiger partial charge is 0.331 e. The van der Waals surface area contributed by atoms with E-state index < -0.39 is 6.04 Å². The first-order chi connectivity index (χ1) is 12.1. The number of piperidine rings is 1. The van der Waals surface area contributed by atoms with Crippen LogP contribution in [0, 0.1) is 5.92 Å². The van der Waals surface area contributed by atoms with Gasteiger partial charge in [0.1, 0.15) is 6.04 Å². The van der Waals surface area contributed by atoms with E-state index in [-0.39, 0.29) is 11.8 Å². The second-order valence-corrected chi connectivity index (χ2v) is 6.85. The maximum Gasteiger partial charge on any atom is 0.246 e. The number of rotatable bonds is 8. The van der Waals surface area contributed by atoms with E-state index in [0.29, 0.717) is 18.9 Å². The molecule has 1 saturated heterocycles. The number of benzene rings is 1. The fourth-order valence-corrected chi connectivity index (χ4v) is 3.33. The summed E-state index contributed by atoms with van der Waals surface area (Å²) in [5, 5.41) is 6.25. The third-order valence-electron chi connectivity index (χ3n) is 4.90. The zero-order valence-corrected chi connectivity index (χ0v) is 15.5. The molecule has 5 nitrogen and oxygen atoms in total. The molecule has 5 heteroatoms. The van der Waals surface area contributed by atoms with Crippen LogP contribution in [0.25, 0.3) is 0 Å². The van der Waals surface area contributed by atoms with Gasteiger partial charge in [-0.05, 0) is 63.7 Å². The summed E-state index contributed by atoms with van der Waals surface area (Å²) in [6.45, 7) is 6.57. The average molecular weight is 345 g/mol. The van der Waals surface area contributed by atoms with E-state index in [2.05, 4.69) is 10.6 Å². The molecule has 25 heavy (non-hydrogen) atoms. The van der Waals surface area contributed by atoms with Crippen LogP contribution in [0.1, 0.15) is 46.0 Å². The van der Waals surface area contributed by atoms with Gasteiger partial charge in [-0.3, -0.25) is 9.59 Å². The second-order valence-electron chi connectivity index (χ2n) is 6.85. The molecule has 0 bridgehead atoms. The molecule has 1 atom stereocenters. The minimum absolute atomic E-state index is 0.0936. The number of carbonyl (C=O) groups excluding carboxylic acids is 2. The van der Waals surface area contributed by atoms with Crippen LogP contribution in [0.15, 0.2) is 30.3 Å². The number of nitrogens with one attached hydrogen (secondary N) is 2. The molecular formula is C20H31N3O2. The highest BCUT2D eigenvalue weighted by atomic mass is 16.2. The Balaban J connectivity index is 1.90. The molecule has 2 N–H and O–H groups in total. The number of para-hydroxylation sites is 1. The lowest BCUT2D eigenvalue weighted by Crippen LogP contribution is -2.46. The molecule has 1 aliphatic rings. The van der Waals surface area contributed by atoms with Gasteiger partial charge in [0.2, 0.25) is 11.8 Å². The summed E-state index contributed by atoms with van der Waals surface area (Å²) in [4.78, 5) is 27.0. The van der Waals surface area contributed by atoms with E-state index in [4.69, 9.17) is 0 Å². The van der Waals surface area contributed by atoms with E-state index in [1.165, 1.54) is 0 Å². The number of carbonyl (C=O) groups is 2. The van der Waals surface area contributed by atoms with Crippen molar-refractivity contribution in [3.8, 4) is 0 Å². The van der Waals surface area contributed by atoms with Crippen LogP contribution in [-0.2, 0) is 9.59 Å². The minimum Gasteiger partial charge on any atom is -0.331 e. The van der Waals surface area contributed by atoms with Crippen molar-refractivity contribution in [3.63, 3.8) is 0 Å². The summed E-state index contributed by atoms with van der Waals surface area (Å²) in [5.41, 5.74) is 0.762. The quantitative estimate of drug-likeness (QED) is 0.761. The van der Waals surface area contributed by atoms with Crippen molar-refractivity contribution in [2.45, 2.75) is 52.0 Å². The summed E-state index contributed by atoms with van der Waals surface area (Å²) < 4.78 is 0. The van der Waals surface area contributed by atoms with Gasteiger partial charge >= 0.3 is 0 Å². The van der Waals surface area contributed by atoms with Crippen molar-refractivity contribution in [2.24, 2.45) is 5.92 Å². The lowest BCUT2D eigenvalue weighted by Gasteiger charge is -2.29. The number of anilines is 1. The predicted octanol–water partition coefficient (Wildman–Crippen LogP) is 3.03. The van der Waals surface area contributed by atoms with Gasteiger partial charge in [0.15, 0.2) is 0 Å². The van der Waals surface area contributed by atoms with Crippen molar-refractivity contribution in [1.29, 1.82) is 0 Å². The molecule has 1 heterocycles. The average Bonchev–Trinajstić information content (AvgIpc) is 2.65. The number of nitrogens with zero attached hydrogens (tertiary/aromatic N) is 1. The Bertz CT molecular complexity index is 541. The van der Waals surface area contributed by atoms with Gasteiger partial charge in [-0.25, -0.2) is 0 Å². The molecule has 2 rings (SSSR count). The first-order valence-electron chi connectivity index (χ1n) is 9.48. The van der Waals surface area contributed by atoms with Crippen molar-refractivity contribution in [2.75, 3.05) is 25.0 Å². The maximum atomic E-state index is 12.7. The molecule has 138 valence electrons. The lowest BCUT2D eigenvalue weighted by atomic mass is 9.93. The Morgan fingerprint density at radius 3 is 2.56 bits per heavy atom. The van der Waals surface area contributed by atoms with E-state index >= 15 is 0 Å². The molecule has 2 amide bonds. The van der Waals surface area contributed by atoms with Crippen molar-refractivity contribution in [1.82, 2.24) is 10.2 Å². The first-order valence-corrected chi connectivity index (χ1v) is 9.48. The minimum atomic E-state index is -0.458. The highest BCUT2D eigenvalue weighted by Gasteiger charge is 2.26. The monoisotopic (exact) mass is 345 g/mol. The van der Waals surface area contributed by atoms with E-state index in [9.17, 15) is 9.59 Å². The number of hydrogen-bond donors (Lipinski definition) is 2. The maximum absolute atomic E-state index is 12.7. The summed E-state index contributed by atoms with van der Waals surface area (Å²) in [6.07, 6.45) is 4.60. The SMILES string of the molecule is CCCN(C(=O)CCC1CCNCC1)C(C)C(=O)Nc1ccccc1. The zero-order valence-electron chi connectivity index (χ0n) is 15.5. The fraction of sp³-hybridized carbons (Fsp3) is 0.600. The highest BCUT2D eigenvalue weighted by Crippen LogP contribution is 2.19. The summed E-state index contributed by atoms with van der Waals surface area (Å²) in [7, 11) is 0. The van der Waals surface area contributed by atoms with E-state index in [1.807, 2.05) is 44.2 Å². The third kappa shape index (κ3) is 6.16. The fourth-order valence-electron chi connectivity index (χ4n) is 3.33. The van der Waals surface area contributed by atoms with Gasteiger partial charge in [-0.1, -0.05) is 25.1 Å². The summed E-state index contributed by atoms with van der Waals surface area (Å²) in [5.74, 6) is 0.591. The van der Waals surface area contributed by atoms with Crippen LogP contribution in [-0.4, -0.2) is 42.4 Å². The van der Waals surface area contributed by atoms with Gasteiger partial charge < -0.3 is 15.5 Å². The molecule has 1 aromatic carbocycles. The van der Waals surface area contributed by atoms with Crippen molar-refractivity contribution in [3.05, 3.63) is 30.3 Å². The Hall–Kier alpha value is -1.88. The molecule has 1 aromatic rings. The first kappa shape index (κ1) is 19.4. The third-order valence-corrected chi connectivity index (χ3v) is 4.90. The molecule has 1 unspecified atom stereocenters. The van der Waals surface area contributed by atoms with Crippen molar-refractivity contribution >= 4 is 17.5 Å². The zero-order chi connectivity index (χ0) is 18.1. The normalized spacial score (nSPS) is 16.2. The van der Waals surface area contributed by atoms with Gasteiger partial charge in [-0.2, -0.15) is 0 Å². The molecule has 0 radical (unpaired) electrons. The van der Waals surface area contributed by atoms with Crippen LogP contribution in [0.4, 0.5) is 5.69 Å². The number of hydrogen-bond acceptors (Lipinski definition) is 3. The second kappa shape index (κ2) is 10.2. The summed E-state index contributed by atoms with van der Waals surface area (Å²) in [6, 6.07) is 8.93. The Labute approximate surface area is 151 Å². The Morgan fingerprint density at radius 2 is 1.92 bits per heavy atom. The molecule has 0 aliphatic carbocycles. The number of amides is 2. The molecule has 1 fully saturated rings. The van der Waals surface area contributed by atoms with E-state index in [0.717, 1.165) is 44.5 Å². The molecular weight excluding hydrogens is 314 g/mol. The molecule has 1 aliphatic heterocycles. The molecule has 0 aromatic heterocycles. The van der Waals surface area contributed by atoms with Crippen LogP contribution < -0.4 is 10.6 Å². The van der Waals surface area contributed by atoms with Gasteiger partial charge in [0.05, 0.1) is 0 Å². The van der Waals surface area contributed by atoms with Gasteiger partial charge in [-0.15, -0.1) is 0 Å². The summed E-state index contributed by atoms with van der Waals surface area (Å²) >= 11 is 0. The smallest absolute Gasteiger partial charge is 0.246 e. The van der Waals surface area contributed by atoms with Gasteiger partial charge in [0, 0.05) is 18.7 Å². The van der Waals surface area contributed by atoms with Crippen molar-refractivity contribution < 1.29 is 9.59 Å². The Morgan fingerprint density at radius 1 is 1.24 bits per heavy atom. The van der Waals surface area contributed by atoms with Crippen LogP contribution in [0.5, 0.6) is 0 Å². The standard InChI is InChI=1S/C20H31N3O2/c1-3-15-23(19(24)10-9-17-11-13-21-14-12-17)16(2)20(25)22-18-7-5-4-6-8-18/h4-8,16-17,21H,3,9-15H2,1-2H3,(H,22,25). The van der Waals surface area contributed by atoms with Gasteiger partial charge in [0.25, 0.3) is 0 Å². The van der Waals surface area contributed by atoms with E-state index in [1.54, 1.807) is 4.90 Å².